The van der Waals surface area contributed by atoms with Crippen LogP contribution < -0.4 is 10.9 Å². The molecule has 1 aliphatic rings. The lowest BCUT2D eigenvalue weighted by Crippen LogP contribution is -2.52. The minimum atomic E-state index is -1.05. The average Bonchev–Trinajstić information content (AvgIpc) is 3.61. The van der Waals surface area contributed by atoms with Crippen molar-refractivity contribution < 1.29 is 14.7 Å². The molecule has 4 aromatic heterocycles. The van der Waals surface area contributed by atoms with Gasteiger partial charge in [0.25, 0.3) is 17.4 Å². The Morgan fingerprint density at radius 3 is 2.53 bits per heavy atom. The van der Waals surface area contributed by atoms with Crippen LogP contribution in [0.4, 0.5) is 0 Å². The van der Waals surface area contributed by atoms with Crippen LogP contribution in [0.3, 0.4) is 0 Å². The third-order valence-electron chi connectivity index (χ3n) is 8.72. The number of hydrogen-bond acceptors (Lipinski definition) is 8. The van der Waals surface area contributed by atoms with E-state index in [9.17, 15) is 19.5 Å². The zero-order valence-corrected chi connectivity index (χ0v) is 27.3. The van der Waals surface area contributed by atoms with Crippen LogP contribution in [0.25, 0.3) is 22.2 Å². The summed E-state index contributed by atoms with van der Waals surface area (Å²) in [6, 6.07) is 15.5. The number of nitrogens with one attached hydrogen (secondary N) is 1. The fraction of sp³-hybridized carbons (Fsp3) is 0.250. The monoisotopic (exact) mass is 655 g/mol. The Hall–Kier alpha value is -6.13. The molecule has 2 amide bonds. The molecule has 2 N–H and O–H groups in total. The maximum Gasteiger partial charge on any atom is 0.267 e. The van der Waals surface area contributed by atoms with Crippen molar-refractivity contribution in [2.24, 2.45) is 7.05 Å². The maximum absolute atomic E-state index is 14.5. The Kier molecular flexibility index (Phi) is 8.01. The summed E-state index contributed by atoms with van der Waals surface area (Å²) in [4.78, 5) is 51.1. The van der Waals surface area contributed by atoms with Crippen LogP contribution in [0.15, 0.2) is 78.0 Å². The summed E-state index contributed by atoms with van der Waals surface area (Å²) < 4.78 is 4.81. The molecule has 0 aliphatic carbocycles. The second-order valence-electron chi connectivity index (χ2n) is 12.1. The highest BCUT2D eigenvalue weighted by Crippen LogP contribution is 2.29. The van der Waals surface area contributed by atoms with Crippen molar-refractivity contribution in [3.8, 4) is 17.5 Å². The standard InChI is InChI=1S/C36H33N9O4/c1-21-29(33-37-16-9-17-44(33)41-21)34(47)39-22(2)32-40-28-13-8-10-24(30(28)36(49)45(32)27-11-6-5-7-12-27)14-15-25-18-38-42(4)31(25)26-19-43(20-26)35(48)23(3)46/h5-13,16-18,22-23,26,46H,19-20H2,1-4H3,(H,39,47). The number of aryl methyl sites for hydroxylation is 2. The maximum atomic E-state index is 14.5. The Morgan fingerprint density at radius 2 is 1.78 bits per heavy atom. The molecule has 13 nitrogen and oxygen atoms in total. The molecule has 5 heterocycles. The summed E-state index contributed by atoms with van der Waals surface area (Å²) in [5, 5.41) is 21.8. The van der Waals surface area contributed by atoms with Crippen molar-refractivity contribution in [1.29, 1.82) is 0 Å². The molecule has 13 heteroatoms. The third kappa shape index (κ3) is 5.62. The van der Waals surface area contributed by atoms with Crippen LogP contribution in [0.5, 0.6) is 0 Å². The van der Waals surface area contributed by atoms with E-state index in [2.05, 4.69) is 32.3 Å². The molecule has 2 unspecified atom stereocenters. The molecule has 49 heavy (non-hydrogen) atoms. The van der Waals surface area contributed by atoms with Crippen LogP contribution in [0.1, 0.15) is 64.5 Å². The minimum absolute atomic E-state index is 0.0172. The lowest BCUT2D eigenvalue weighted by Gasteiger charge is -2.40. The molecule has 0 radical (unpaired) electrons. The Morgan fingerprint density at radius 1 is 1.02 bits per heavy atom. The fourth-order valence-electron chi connectivity index (χ4n) is 6.32. The molecular formula is C36H33N9O4. The molecule has 246 valence electrons. The second kappa shape index (κ2) is 12.5. The molecule has 7 rings (SSSR count). The number of benzene rings is 2. The number of para-hydroxylation sites is 1. The third-order valence-corrected chi connectivity index (χ3v) is 8.72. The lowest BCUT2D eigenvalue weighted by molar-refractivity contribution is -0.143. The van der Waals surface area contributed by atoms with E-state index >= 15 is 0 Å². The number of rotatable bonds is 6. The van der Waals surface area contributed by atoms with E-state index in [1.165, 1.54) is 11.5 Å². The quantitative estimate of drug-likeness (QED) is 0.260. The van der Waals surface area contributed by atoms with E-state index in [1.807, 2.05) is 37.4 Å². The number of hydrogen-bond donors (Lipinski definition) is 2. The summed E-state index contributed by atoms with van der Waals surface area (Å²) in [6.07, 6.45) is 3.96. The first kappa shape index (κ1) is 31.5. The molecule has 1 aliphatic heterocycles. The first-order valence-electron chi connectivity index (χ1n) is 15.8. The van der Waals surface area contributed by atoms with Gasteiger partial charge in [0.1, 0.15) is 17.5 Å². The van der Waals surface area contributed by atoms with Gasteiger partial charge in [-0.15, -0.1) is 0 Å². The molecule has 2 aromatic carbocycles. The number of nitrogens with zero attached hydrogens (tertiary/aromatic N) is 8. The van der Waals surface area contributed by atoms with E-state index in [1.54, 1.807) is 70.8 Å². The van der Waals surface area contributed by atoms with Crippen molar-refractivity contribution >= 4 is 28.4 Å². The molecule has 0 bridgehead atoms. The number of carbonyl (C=O) groups is 2. The number of likely N-dealkylation sites (tertiary alicyclic amines) is 1. The molecule has 1 saturated heterocycles. The SMILES string of the molecule is Cc1nn2cccnc2c1C(=O)NC(C)c1nc2cccc(C#Cc3cnn(C)c3C3CN(C(=O)C(C)O)C3)c2c(=O)n1-c1ccccc1. The number of amides is 2. The molecule has 0 spiro atoms. The Balaban J connectivity index is 1.27. The number of aliphatic hydroxyl groups is 1. The summed E-state index contributed by atoms with van der Waals surface area (Å²) in [5.74, 6) is 6.08. The van der Waals surface area contributed by atoms with E-state index in [0.29, 0.717) is 63.5 Å². The van der Waals surface area contributed by atoms with Crippen molar-refractivity contribution in [2.45, 2.75) is 38.8 Å². The summed E-state index contributed by atoms with van der Waals surface area (Å²) in [6.45, 7) is 5.91. The first-order valence-corrected chi connectivity index (χ1v) is 15.8. The zero-order valence-electron chi connectivity index (χ0n) is 27.3. The Labute approximate surface area is 280 Å². The van der Waals surface area contributed by atoms with Crippen molar-refractivity contribution in [3.05, 3.63) is 117 Å². The summed E-state index contributed by atoms with van der Waals surface area (Å²) in [5.41, 5.74) is 4.06. The minimum Gasteiger partial charge on any atom is -0.384 e. The predicted octanol–water partition coefficient (Wildman–Crippen LogP) is 2.67. The first-order chi connectivity index (χ1) is 23.6. The van der Waals surface area contributed by atoms with Gasteiger partial charge in [-0.25, -0.2) is 14.5 Å². The molecule has 2 atom stereocenters. The predicted molar refractivity (Wildman–Crippen MR) is 181 cm³/mol. The van der Waals surface area contributed by atoms with Crippen molar-refractivity contribution in [1.82, 2.24) is 44.1 Å². The van der Waals surface area contributed by atoms with E-state index < -0.39 is 12.1 Å². The van der Waals surface area contributed by atoms with Gasteiger partial charge in [0, 0.05) is 44.0 Å². The Bertz CT molecular complexity index is 2370. The van der Waals surface area contributed by atoms with Gasteiger partial charge < -0.3 is 15.3 Å². The highest BCUT2D eigenvalue weighted by Gasteiger charge is 2.36. The molecule has 0 saturated carbocycles. The molecular weight excluding hydrogens is 622 g/mol. The number of carbonyl (C=O) groups excluding carboxylic acids is 2. The van der Waals surface area contributed by atoms with Crippen molar-refractivity contribution in [3.63, 3.8) is 0 Å². The average molecular weight is 656 g/mol. The van der Waals surface area contributed by atoms with Crippen molar-refractivity contribution in [2.75, 3.05) is 13.1 Å². The van der Waals surface area contributed by atoms with E-state index in [-0.39, 0.29) is 23.3 Å². The van der Waals surface area contributed by atoms with Gasteiger partial charge in [-0.05, 0) is 51.1 Å². The van der Waals surface area contributed by atoms with Gasteiger partial charge in [0.15, 0.2) is 5.65 Å². The molecule has 1 fully saturated rings. The number of aromatic nitrogens is 7. The van der Waals surface area contributed by atoms with Gasteiger partial charge in [-0.3, -0.25) is 23.6 Å². The molecule has 6 aromatic rings. The normalized spacial score (nSPS) is 14.3. The van der Waals surface area contributed by atoms with Crippen LogP contribution >= 0.6 is 0 Å². The zero-order chi connectivity index (χ0) is 34.4. The number of fused-ring (bicyclic) bond motifs is 2. The van der Waals surface area contributed by atoms with Crippen LogP contribution in [0, 0.1) is 18.8 Å². The van der Waals surface area contributed by atoms with E-state index in [0.717, 1.165) is 5.69 Å². The van der Waals surface area contributed by atoms with Gasteiger partial charge in [-0.1, -0.05) is 36.1 Å². The van der Waals surface area contributed by atoms with E-state index in [4.69, 9.17) is 4.98 Å². The van der Waals surface area contributed by atoms with Crippen LogP contribution in [0.2, 0.25) is 0 Å². The fourth-order valence-corrected chi connectivity index (χ4v) is 6.32. The van der Waals surface area contributed by atoms with Gasteiger partial charge in [-0.2, -0.15) is 10.2 Å². The smallest absolute Gasteiger partial charge is 0.267 e. The number of aliphatic hydroxyl groups excluding tert-OH is 1. The van der Waals surface area contributed by atoms with Crippen LogP contribution in [-0.4, -0.2) is 74.9 Å². The second-order valence-corrected chi connectivity index (χ2v) is 12.1. The van der Waals surface area contributed by atoms with Crippen LogP contribution in [-0.2, 0) is 11.8 Å². The highest BCUT2D eigenvalue weighted by molar-refractivity contribution is 6.01. The van der Waals surface area contributed by atoms with Gasteiger partial charge in [0.05, 0.1) is 45.8 Å². The topological polar surface area (TPSA) is 153 Å². The summed E-state index contributed by atoms with van der Waals surface area (Å²) >= 11 is 0. The lowest BCUT2D eigenvalue weighted by atomic mass is 9.93. The largest absolute Gasteiger partial charge is 0.384 e. The highest BCUT2D eigenvalue weighted by atomic mass is 16.3. The summed E-state index contributed by atoms with van der Waals surface area (Å²) in [7, 11) is 1.83. The van der Waals surface area contributed by atoms with Gasteiger partial charge >= 0.3 is 0 Å². The van der Waals surface area contributed by atoms with Gasteiger partial charge in [0.2, 0.25) is 0 Å².